The molecule has 120 valence electrons. The number of aryl methyl sites for hydroxylation is 2. The predicted octanol–water partition coefficient (Wildman–Crippen LogP) is 2.89. The molecule has 0 amide bonds. The minimum Gasteiger partial charge on any atom is -0.360 e. The van der Waals surface area contributed by atoms with Crippen LogP contribution in [0.25, 0.3) is 0 Å². The highest BCUT2D eigenvalue weighted by Gasteiger charge is 2.33. The molecule has 0 fully saturated rings. The van der Waals surface area contributed by atoms with Crippen molar-refractivity contribution in [1.82, 2.24) is 9.46 Å². The van der Waals surface area contributed by atoms with Crippen molar-refractivity contribution in [2.45, 2.75) is 38.0 Å². The lowest BCUT2D eigenvalue weighted by Crippen LogP contribution is -2.38. The summed E-state index contributed by atoms with van der Waals surface area (Å²) < 4.78 is 31.9. The van der Waals surface area contributed by atoms with Crippen LogP contribution in [0.4, 0.5) is 0 Å². The minimum atomic E-state index is -3.62. The molecule has 5 nitrogen and oxygen atoms in total. The molecule has 1 aromatic carbocycles. The summed E-state index contributed by atoms with van der Waals surface area (Å²) in [6, 6.07) is 9.89. The summed E-state index contributed by atoms with van der Waals surface area (Å²) in [7, 11) is -2.03. The van der Waals surface area contributed by atoms with Gasteiger partial charge < -0.3 is 4.52 Å². The normalized spacial score (nSPS) is 12.8. The Hall–Kier alpha value is -1.66. The highest BCUT2D eigenvalue weighted by atomic mass is 32.2. The molecular formula is C16H22N2O3S. The van der Waals surface area contributed by atoms with Crippen LogP contribution in [0.3, 0.4) is 0 Å². The van der Waals surface area contributed by atoms with E-state index in [2.05, 4.69) is 5.16 Å². The average Bonchev–Trinajstić information content (AvgIpc) is 2.79. The molecule has 0 saturated carbocycles. The Morgan fingerprint density at radius 3 is 2.27 bits per heavy atom. The van der Waals surface area contributed by atoms with E-state index in [0.717, 1.165) is 5.56 Å². The second-order valence-electron chi connectivity index (χ2n) is 6.16. The molecule has 6 heteroatoms. The molecule has 0 aliphatic carbocycles. The lowest BCUT2D eigenvalue weighted by atomic mass is 9.85. The number of hydrogen-bond donors (Lipinski definition) is 0. The third kappa shape index (κ3) is 3.08. The summed E-state index contributed by atoms with van der Waals surface area (Å²) in [6.45, 7) is 7.68. The van der Waals surface area contributed by atoms with E-state index < -0.39 is 10.0 Å². The molecule has 2 rings (SSSR count). The molecule has 1 heterocycles. The second kappa shape index (κ2) is 5.85. The molecule has 0 aliphatic rings. The fraction of sp³-hybridized carbons (Fsp3) is 0.438. The van der Waals surface area contributed by atoms with Gasteiger partial charge in [0.2, 0.25) is 10.0 Å². The van der Waals surface area contributed by atoms with Gasteiger partial charge in [0.15, 0.2) is 5.76 Å². The van der Waals surface area contributed by atoms with E-state index in [1.807, 2.05) is 44.2 Å². The van der Waals surface area contributed by atoms with Crippen LogP contribution in [-0.2, 0) is 15.4 Å². The largest absolute Gasteiger partial charge is 0.360 e. The standard InChI is InChI=1S/C16H22N2O3S/c1-12-15(13(2)21-17-12)22(19,20)18(5)11-16(3,4)14-9-7-6-8-10-14/h6-10H,11H2,1-5H3. The van der Waals surface area contributed by atoms with Crippen molar-refractivity contribution in [2.75, 3.05) is 13.6 Å². The van der Waals surface area contributed by atoms with Gasteiger partial charge in [0.25, 0.3) is 0 Å². The fourth-order valence-electron chi connectivity index (χ4n) is 2.62. The predicted molar refractivity (Wildman–Crippen MR) is 85.3 cm³/mol. The first-order chi connectivity index (χ1) is 10.2. The van der Waals surface area contributed by atoms with Crippen molar-refractivity contribution in [1.29, 1.82) is 0 Å². The molecule has 0 spiro atoms. The van der Waals surface area contributed by atoms with Crippen LogP contribution in [0, 0.1) is 13.8 Å². The number of benzene rings is 1. The van der Waals surface area contributed by atoms with Gasteiger partial charge in [-0.3, -0.25) is 0 Å². The number of aromatic nitrogens is 1. The number of likely N-dealkylation sites (N-methyl/N-ethyl adjacent to an activating group) is 1. The van der Waals surface area contributed by atoms with E-state index in [-0.39, 0.29) is 10.3 Å². The van der Waals surface area contributed by atoms with Gasteiger partial charge in [-0.25, -0.2) is 8.42 Å². The molecule has 22 heavy (non-hydrogen) atoms. The first-order valence-corrected chi connectivity index (χ1v) is 8.55. The molecule has 2 aromatic rings. The van der Waals surface area contributed by atoms with Crippen molar-refractivity contribution in [3.05, 3.63) is 47.3 Å². The number of nitrogens with zero attached hydrogens (tertiary/aromatic N) is 2. The first-order valence-electron chi connectivity index (χ1n) is 7.11. The van der Waals surface area contributed by atoms with Gasteiger partial charge in [-0.05, 0) is 19.4 Å². The van der Waals surface area contributed by atoms with Crippen LogP contribution >= 0.6 is 0 Å². The van der Waals surface area contributed by atoms with Gasteiger partial charge in [-0.1, -0.05) is 49.3 Å². The van der Waals surface area contributed by atoms with E-state index >= 15 is 0 Å². The molecule has 0 radical (unpaired) electrons. The second-order valence-corrected chi connectivity index (χ2v) is 8.15. The van der Waals surface area contributed by atoms with Crippen LogP contribution in [0.5, 0.6) is 0 Å². The van der Waals surface area contributed by atoms with Crippen molar-refractivity contribution in [3.63, 3.8) is 0 Å². The van der Waals surface area contributed by atoms with Crippen molar-refractivity contribution in [3.8, 4) is 0 Å². The maximum Gasteiger partial charge on any atom is 0.248 e. The van der Waals surface area contributed by atoms with Crippen LogP contribution in [-0.4, -0.2) is 31.5 Å². The Balaban J connectivity index is 2.31. The smallest absolute Gasteiger partial charge is 0.248 e. The Morgan fingerprint density at radius 1 is 1.18 bits per heavy atom. The van der Waals surface area contributed by atoms with Gasteiger partial charge in [-0.2, -0.15) is 4.31 Å². The molecule has 0 bridgehead atoms. The molecule has 1 aromatic heterocycles. The van der Waals surface area contributed by atoms with Gasteiger partial charge >= 0.3 is 0 Å². The number of hydrogen-bond acceptors (Lipinski definition) is 4. The zero-order chi connectivity index (χ0) is 16.5. The van der Waals surface area contributed by atoms with E-state index in [9.17, 15) is 8.42 Å². The van der Waals surface area contributed by atoms with Crippen LogP contribution in [0.15, 0.2) is 39.8 Å². The summed E-state index contributed by atoms with van der Waals surface area (Å²) in [5.74, 6) is 0.321. The first kappa shape index (κ1) is 16.7. The lowest BCUT2D eigenvalue weighted by molar-refractivity contribution is 0.370. The maximum absolute atomic E-state index is 12.8. The summed E-state index contributed by atoms with van der Waals surface area (Å²) in [4.78, 5) is 0.166. The third-order valence-electron chi connectivity index (χ3n) is 3.81. The summed E-state index contributed by atoms with van der Waals surface area (Å²) >= 11 is 0. The summed E-state index contributed by atoms with van der Waals surface area (Å²) in [6.07, 6.45) is 0. The van der Waals surface area contributed by atoms with Crippen LogP contribution < -0.4 is 0 Å². The van der Waals surface area contributed by atoms with E-state index in [4.69, 9.17) is 4.52 Å². The zero-order valence-corrected chi connectivity index (χ0v) is 14.4. The molecular weight excluding hydrogens is 300 g/mol. The monoisotopic (exact) mass is 322 g/mol. The van der Waals surface area contributed by atoms with Crippen LogP contribution in [0.1, 0.15) is 30.9 Å². The van der Waals surface area contributed by atoms with E-state index in [0.29, 0.717) is 18.0 Å². The fourth-order valence-corrected chi connectivity index (χ4v) is 4.24. The van der Waals surface area contributed by atoms with Gasteiger partial charge in [0.05, 0.1) is 0 Å². The molecule has 0 saturated heterocycles. The zero-order valence-electron chi connectivity index (χ0n) is 13.6. The topological polar surface area (TPSA) is 63.4 Å². The molecule has 0 unspecified atom stereocenters. The number of sulfonamides is 1. The lowest BCUT2D eigenvalue weighted by Gasteiger charge is -2.30. The molecule has 0 N–H and O–H groups in total. The summed E-state index contributed by atoms with van der Waals surface area (Å²) in [5.41, 5.74) is 1.18. The minimum absolute atomic E-state index is 0.166. The Morgan fingerprint density at radius 2 is 1.77 bits per heavy atom. The maximum atomic E-state index is 12.8. The highest BCUT2D eigenvalue weighted by molar-refractivity contribution is 7.89. The van der Waals surface area contributed by atoms with Crippen molar-refractivity contribution < 1.29 is 12.9 Å². The van der Waals surface area contributed by atoms with Crippen molar-refractivity contribution >= 4 is 10.0 Å². The van der Waals surface area contributed by atoms with Gasteiger partial charge in [0.1, 0.15) is 10.6 Å². The Bertz CT molecular complexity index is 729. The molecule has 0 aliphatic heterocycles. The Labute approximate surface area is 132 Å². The van der Waals surface area contributed by atoms with Gasteiger partial charge in [-0.15, -0.1) is 0 Å². The highest BCUT2D eigenvalue weighted by Crippen LogP contribution is 2.28. The molecule has 0 atom stereocenters. The average molecular weight is 322 g/mol. The SMILES string of the molecule is Cc1noc(C)c1S(=O)(=O)N(C)CC(C)(C)c1ccccc1. The van der Waals surface area contributed by atoms with Crippen LogP contribution in [0.2, 0.25) is 0 Å². The third-order valence-corrected chi connectivity index (χ3v) is 5.86. The quantitative estimate of drug-likeness (QED) is 0.849. The summed E-state index contributed by atoms with van der Waals surface area (Å²) in [5, 5.41) is 3.74. The van der Waals surface area contributed by atoms with Crippen molar-refractivity contribution in [2.24, 2.45) is 0 Å². The number of rotatable bonds is 5. The van der Waals surface area contributed by atoms with Gasteiger partial charge in [0, 0.05) is 19.0 Å². The van der Waals surface area contributed by atoms with E-state index in [1.165, 1.54) is 4.31 Å². The Kier molecular flexibility index (Phi) is 4.44. The van der Waals surface area contributed by atoms with E-state index in [1.54, 1.807) is 20.9 Å².